The number of ether oxygens (including phenoxy) is 1. The Morgan fingerprint density at radius 2 is 1.96 bits per heavy atom. The van der Waals surface area contributed by atoms with Crippen molar-refractivity contribution in [2.75, 3.05) is 13.2 Å². The predicted molar refractivity (Wildman–Crippen MR) is 110 cm³/mol. The minimum Gasteiger partial charge on any atom is -0.493 e. The lowest BCUT2D eigenvalue weighted by Gasteiger charge is -2.18. The summed E-state index contributed by atoms with van der Waals surface area (Å²) in [5, 5.41) is 7.84. The zero-order valence-corrected chi connectivity index (χ0v) is 17.2. The van der Waals surface area contributed by atoms with Crippen molar-refractivity contribution in [3.05, 3.63) is 45.9 Å². The molecule has 0 fully saturated rings. The second-order valence-electron chi connectivity index (χ2n) is 6.68. The maximum Gasteiger partial charge on any atom is 0.192 e. The summed E-state index contributed by atoms with van der Waals surface area (Å²) in [5.74, 6) is 2.25. The van der Waals surface area contributed by atoms with Gasteiger partial charge in [0.2, 0.25) is 0 Å². The van der Waals surface area contributed by atoms with E-state index < -0.39 is 0 Å². The van der Waals surface area contributed by atoms with Gasteiger partial charge in [0.1, 0.15) is 5.75 Å². The van der Waals surface area contributed by atoms with Crippen LogP contribution in [0, 0.1) is 12.8 Å². The van der Waals surface area contributed by atoms with Gasteiger partial charge in [-0.05, 0) is 44.4 Å². The molecule has 1 unspecified atom stereocenters. The second-order valence-corrected chi connectivity index (χ2v) is 8.00. The Labute approximate surface area is 160 Å². The molecule has 0 saturated heterocycles. The lowest BCUT2D eigenvalue weighted by atomic mass is 10.1. The average Bonchev–Trinajstić information content (AvgIpc) is 3.04. The molecule has 5 nitrogen and oxygen atoms in total. The number of benzene rings is 1. The second kappa shape index (κ2) is 10.2. The van der Waals surface area contributed by atoms with Crippen molar-refractivity contribution in [3.63, 3.8) is 0 Å². The fourth-order valence-corrected chi connectivity index (χ4v) is 3.08. The van der Waals surface area contributed by atoms with E-state index in [0.717, 1.165) is 29.9 Å². The van der Waals surface area contributed by atoms with E-state index >= 15 is 0 Å². The van der Waals surface area contributed by atoms with E-state index in [1.165, 1.54) is 10.4 Å². The minimum atomic E-state index is 0.148. The number of nitrogens with zero attached hydrogens (tertiary/aromatic N) is 2. The number of rotatable bonds is 8. The molecule has 0 aliphatic heterocycles. The van der Waals surface area contributed by atoms with Crippen LogP contribution in [-0.4, -0.2) is 24.1 Å². The highest BCUT2D eigenvalue weighted by atomic mass is 32.1. The molecule has 0 spiro atoms. The first kappa shape index (κ1) is 20.2. The van der Waals surface area contributed by atoms with Crippen molar-refractivity contribution in [2.45, 2.75) is 47.2 Å². The highest BCUT2D eigenvalue weighted by Crippen LogP contribution is 2.18. The monoisotopic (exact) mass is 374 g/mol. The van der Waals surface area contributed by atoms with E-state index in [9.17, 15) is 0 Å². The average molecular weight is 375 g/mol. The van der Waals surface area contributed by atoms with Crippen molar-refractivity contribution < 1.29 is 4.74 Å². The maximum atomic E-state index is 5.75. The van der Waals surface area contributed by atoms with Gasteiger partial charge in [0, 0.05) is 17.6 Å². The minimum absolute atomic E-state index is 0.148. The van der Waals surface area contributed by atoms with Crippen LogP contribution in [0.3, 0.4) is 0 Å². The van der Waals surface area contributed by atoms with E-state index in [1.54, 1.807) is 11.3 Å². The molecule has 6 heteroatoms. The molecule has 0 saturated carbocycles. The molecule has 0 amide bonds. The molecule has 1 atom stereocenters. The van der Waals surface area contributed by atoms with Gasteiger partial charge in [-0.1, -0.05) is 26.0 Å². The number of hydrogen-bond acceptors (Lipinski definition) is 4. The number of thiazole rings is 1. The highest BCUT2D eigenvalue weighted by Gasteiger charge is 2.08. The van der Waals surface area contributed by atoms with Gasteiger partial charge in [0.25, 0.3) is 0 Å². The first-order valence-corrected chi connectivity index (χ1v) is 9.98. The van der Waals surface area contributed by atoms with Crippen LogP contribution in [-0.2, 0) is 6.54 Å². The number of aromatic nitrogens is 1. The van der Waals surface area contributed by atoms with Crippen LogP contribution in [0.25, 0.3) is 0 Å². The molecule has 142 valence electrons. The van der Waals surface area contributed by atoms with Crippen LogP contribution in [0.5, 0.6) is 5.75 Å². The van der Waals surface area contributed by atoms with Crippen molar-refractivity contribution >= 4 is 17.3 Å². The summed E-state index contributed by atoms with van der Waals surface area (Å²) in [6.45, 7) is 12.7. The summed E-state index contributed by atoms with van der Waals surface area (Å²) in [5.41, 5.74) is 1.20. The molecule has 2 N–H and O–H groups in total. The summed E-state index contributed by atoms with van der Waals surface area (Å²) in [6.07, 6.45) is 1.90. The van der Waals surface area contributed by atoms with Gasteiger partial charge in [0.15, 0.2) is 5.96 Å². The Bertz CT molecular complexity index is 694. The van der Waals surface area contributed by atoms with Crippen LogP contribution in [0.1, 0.15) is 49.2 Å². The Hall–Kier alpha value is -2.08. The topological polar surface area (TPSA) is 58.5 Å². The van der Waals surface area contributed by atoms with Gasteiger partial charge >= 0.3 is 0 Å². The molecular weight excluding hydrogens is 344 g/mol. The van der Waals surface area contributed by atoms with E-state index in [1.807, 2.05) is 25.3 Å². The summed E-state index contributed by atoms with van der Waals surface area (Å²) in [6, 6.07) is 8.41. The van der Waals surface area contributed by atoms with Crippen LogP contribution in [0.4, 0.5) is 0 Å². The quantitative estimate of drug-likeness (QED) is 0.534. The number of nitrogens with one attached hydrogen (secondary N) is 2. The smallest absolute Gasteiger partial charge is 0.192 e. The third-order valence-corrected chi connectivity index (χ3v) is 4.62. The van der Waals surface area contributed by atoms with Gasteiger partial charge < -0.3 is 15.4 Å². The van der Waals surface area contributed by atoms with Gasteiger partial charge in [-0.3, -0.25) is 0 Å². The van der Waals surface area contributed by atoms with Crippen molar-refractivity contribution in [2.24, 2.45) is 10.9 Å². The molecule has 0 aliphatic rings. The molecular formula is C20H30N4OS. The highest BCUT2D eigenvalue weighted by molar-refractivity contribution is 7.11. The first-order valence-electron chi connectivity index (χ1n) is 9.16. The molecule has 1 aromatic carbocycles. The van der Waals surface area contributed by atoms with Crippen molar-refractivity contribution in [1.82, 2.24) is 15.6 Å². The van der Waals surface area contributed by atoms with E-state index in [-0.39, 0.29) is 6.04 Å². The van der Waals surface area contributed by atoms with Crippen LogP contribution >= 0.6 is 11.3 Å². The Morgan fingerprint density at radius 1 is 1.23 bits per heavy atom. The Balaban J connectivity index is 1.96. The van der Waals surface area contributed by atoms with Crippen molar-refractivity contribution in [1.29, 1.82) is 0 Å². The summed E-state index contributed by atoms with van der Waals surface area (Å²) in [4.78, 5) is 10.1. The fraction of sp³-hybridized carbons (Fsp3) is 0.500. The molecule has 0 bridgehead atoms. The van der Waals surface area contributed by atoms with E-state index in [0.29, 0.717) is 12.5 Å². The maximum absolute atomic E-state index is 5.75. The zero-order valence-electron chi connectivity index (χ0n) is 16.4. The zero-order chi connectivity index (χ0) is 18.9. The molecule has 1 heterocycles. The standard InChI is InChI=1S/C20H30N4OS/c1-6-21-20(23-12-19-11-22-16(5)26-19)24-15(4)17-7-9-18(10-8-17)25-13-14(2)3/h7-11,14-15H,6,12-13H2,1-5H3,(H2,21,23,24). The lowest BCUT2D eigenvalue weighted by molar-refractivity contribution is 0.271. The van der Waals surface area contributed by atoms with E-state index in [2.05, 4.69) is 60.4 Å². The summed E-state index contributed by atoms with van der Waals surface area (Å²) in [7, 11) is 0. The molecule has 0 aliphatic carbocycles. The van der Waals surface area contributed by atoms with Crippen LogP contribution in [0.15, 0.2) is 35.5 Å². The third kappa shape index (κ3) is 6.67. The Kier molecular flexibility index (Phi) is 7.91. The number of aliphatic imine (C=N–C) groups is 1. The number of aryl methyl sites for hydroxylation is 1. The van der Waals surface area contributed by atoms with Crippen molar-refractivity contribution in [3.8, 4) is 5.75 Å². The molecule has 26 heavy (non-hydrogen) atoms. The molecule has 1 aromatic heterocycles. The van der Waals surface area contributed by atoms with Gasteiger partial charge in [-0.2, -0.15) is 0 Å². The third-order valence-electron chi connectivity index (χ3n) is 3.72. The number of guanidine groups is 1. The van der Waals surface area contributed by atoms with Gasteiger partial charge in [-0.25, -0.2) is 9.98 Å². The van der Waals surface area contributed by atoms with Crippen LogP contribution < -0.4 is 15.4 Å². The largest absolute Gasteiger partial charge is 0.493 e. The lowest BCUT2D eigenvalue weighted by Crippen LogP contribution is -2.38. The molecule has 2 aromatic rings. The van der Waals surface area contributed by atoms with Crippen LogP contribution in [0.2, 0.25) is 0 Å². The SMILES string of the molecule is CCNC(=NCc1cnc(C)s1)NC(C)c1ccc(OCC(C)C)cc1. The fourth-order valence-electron chi connectivity index (χ4n) is 2.36. The summed E-state index contributed by atoms with van der Waals surface area (Å²) < 4.78 is 5.75. The van der Waals surface area contributed by atoms with Gasteiger partial charge in [-0.15, -0.1) is 11.3 Å². The summed E-state index contributed by atoms with van der Waals surface area (Å²) >= 11 is 1.68. The van der Waals surface area contributed by atoms with E-state index in [4.69, 9.17) is 4.74 Å². The first-order chi connectivity index (χ1) is 12.5. The normalized spacial score (nSPS) is 12.9. The number of hydrogen-bond donors (Lipinski definition) is 2. The van der Waals surface area contributed by atoms with Gasteiger partial charge in [0.05, 0.1) is 24.2 Å². The molecule has 0 radical (unpaired) electrons. The Morgan fingerprint density at radius 3 is 2.54 bits per heavy atom. The predicted octanol–water partition coefficient (Wildman–Crippen LogP) is 4.30. The molecule has 2 rings (SSSR count).